The molecule has 4 nitrogen and oxygen atoms in total. The van der Waals surface area contributed by atoms with Crippen LogP contribution in [-0.2, 0) is 6.42 Å². The van der Waals surface area contributed by atoms with E-state index in [0.717, 1.165) is 21.8 Å². The first kappa shape index (κ1) is 9.59. The van der Waals surface area contributed by atoms with E-state index in [9.17, 15) is 0 Å². The van der Waals surface area contributed by atoms with Gasteiger partial charge in [0.1, 0.15) is 11.6 Å². The Kier molecular flexibility index (Phi) is 2.25. The smallest absolute Gasteiger partial charge is 0.161 e. The zero-order valence-electron chi connectivity index (χ0n) is 8.30. The fraction of sp³-hybridized carbons (Fsp3) is 0.0909. The second-order valence-corrected chi connectivity index (χ2v) is 4.23. The molecule has 80 valence electrons. The van der Waals surface area contributed by atoms with Crippen LogP contribution in [0.5, 0.6) is 0 Å². The SMILES string of the molecule is Brc1cccc2nnc(Cc3ccco3)n12. The zero-order chi connectivity index (χ0) is 11.0. The lowest BCUT2D eigenvalue weighted by Crippen LogP contribution is -1.96. The molecule has 0 atom stereocenters. The van der Waals surface area contributed by atoms with Crippen molar-refractivity contribution in [1.82, 2.24) is 14.6 Å². The van der Waals surface area contributed by atoms with Crippen molar-refractivity contribution < 1.29 is 4.42 Å². The highest BCUT2D eigenvalue weighted by atomic mass is 79.9. The van der Waals surface area contributed by atoms with E-state index in [0.29, 0.717) is 6.42 Å². The molecule has 0 aromatic carbocycles. The van der Waals surface area contributed by atoms with Crippen LogP contribution in [0.25, 0.3) is 5.65 Å². The van der Waals surface area contributed by atoms with Gasteiger partial charge in [-0.15, -0.1) is 10.2 Å². The van der Waals surface area contributed by atoms with Crippen molar-refractivity contribution in [1.29, 1.82) is 0 Å². The summed E-state index contributed by atoms with van der Waals surface area (Å²) in [6.45, 7) is 0. The number of aromatic nitrogens is 3. The molecule has 0 spiro atoms. The summed E-state index contributed by atoms with van der Waals surface area (Å²) < 4.78 is 8.20. The first-order chi connectivity index (χ1) is 7.84. The van der Waals surface area contributed by atoms with Crippen molar-refractivity contribution in [3.8, 4) is 0 Å². The second-order valence-electron chi connectivity index (χ2n) is 3.41. The molecule has 3 aromatic heterocycles. The molecule has 0 saturated heterocycles. The van der Waals surface area contributed by atoms with Gasteiger partial charge in [0, 0.05) is 0 Å². The number of hydrogen-bond acceptors (Lipinski definition) is 3. The molecular weight excluding hydrogens is 270 g/mol. The van der Waals surface area contributed by atoms with Gasteiger partial charge in [0.2, 0.25) is 0 Å². The minimum absolute atomic E-state index is 0.636. The number of pyridine rings is 1. The first-order valence-electron chi connectivity index (χ1n) is 4.85. The van der Waals surface area contributed by atoms with Gasteiger partial charge in [-0.3, -0.25) is 4.40 Å². The number of hydrogen-bond donors (Lipinski definition) is 0. The van der Waals surface area contributed by atoms with Crippen LogP contribution in [0.2, 0.25) is 0 Å². The summed E-state index contributed by atoms with van der Waals surface area (Å²) in [5.74, 6) is 1.74. The minimum atomic E-state index is 0.636. The predicted molar refractivity (Wildman–Crippen MR) is 62.2 cm³/mol. The van der Waals surface area contributed by atoms with Crippen molar-refractivity contribution in [3.05, 3.63) is 52.8 Å². The first-order valence-corrected chi connectivity index (χ1v) is 5.65. The van der Waals surface area contributed by atoms with Gasteiger partial charge in [-0.25, -0.2) is 0 Å². The van der Waals surface area contributed by atoms with Crippen LogP contribution in [0.1, 0.15) is 11.6 Å². The molecule has 5 heteroatoms. The summed E-state index contributed by atoms with van der Waals surface area (Å²) in [5, 5.41) is 8.26. The standard InChI is InChI=1S/C11H8BrN3O/c12-9-4-1-5-10-13-14-11(15(9)10)7-8-3-2-6-16-8/h1-6H,7H2. The fourth-order valence-electron chi connectivity index (χ4n) is 1.64. The molecule has 0 aliphatic rings. The number of fused-ring (bicyclic) bond motifs is 1. The van der Waals surface area contributed by atoms with E-state index < -0.39 is 0 Å². The van der Waals surface area contributed by atoms with Gasteiger partial charge in [0.25, 0.3) is 0 Å². The van der Waals surface area contributed by atoms with E-state index in [1.165, 1.54) is 0 Å². The average Bonchev–Trinajstić information content (AvgIpc) is 2.90. The largest absolute Gasteiger partial charge is 0.469 e. The normalized spacial score (nSPS) is 11.1. The maximum absolute atomic E-state index is 5.30. The monoisotopic (exact) mass is 277 g/mol. The molecule has 0 aliphatic heterocycles. The number of rotatable bonds is 2. The molecule has 0 bridgehead atoms. The Hall–Kier alpha value is -1.62. The quantitative estimate of drug-likeness (QED) is 0.677. The summed E-state index contributed by atoms with van der Waals surface area (Å²) in [5.41, 5.74) is 0.830. The molecule has 0 radical (unpaired) electrons. The molecule has 0 unspecified atom stereocenters. The van der Waals surface area contributed by atoms with E-state index in [2.05, 4.69) is 26.1 Å². The maximum atomic E-state index is 5.30. The molecule has 3 aromatic rings. The molecule has 16 heavy (non-hydrogen) atoms. The summed E-state index contributed by atoms with van der Waals surface area (Å²) in [6, 6.07) is 9.61. The third kappa shape index (κ3) is 1.53. The van der Waals surface area contributed by atoms with Crippen molar-refractivity contribution in [3.63, 3.8) is 0 Å². The molecule has 0 N–H and O–H groups in total. The Balaban J connectivity index is 2.10. The van der Waals surface area contributed by atoms with Gasteiger partial charge in [-0.05, 0) is 40.2 Å². The Bertz CT molecular complexity index is 615. The van der Waals surface area contributed by atoms with Gasteiger partial charge in [0.05, 0.1) is 17.3 Å². The van der Waals surface area contributed by atoms with Gasteiger partial charge >= 0.3 is 0 Å². The Morgan fingerprint density at radius 3 is 2.94 bits per heavy atom. The van der Waals surface area contributed by atoms with E-state index in [1.54, 1.807) is 6.26 Å². The average molecular weight is 278 g/mol. The lowest BCUT2D eigenvalue weighted by atomic mass is 10.3. The lowest BCUT2D eigenvalue weighted by molar-refractivity contribution is 0.516. The third-order valence-corrected chi connectivity index (χ3v) is 2.98. The highest BCUT2D eigenvalue weighted by Crippen LogP contribution is 2.16. The van der Waals surface area contributed by atoms with Crippen LogP contribution in [0.15, 0.2) is 45.6 Å². The summed E-state index contributed by atoms with van der Waals surface area (Å²) >= 11 is 3.48. The maximum Gasteiger partial charge on any atom is 0.161 e. The van der Waals surface area contributed by atoms with E-state index in [4.69, 9.17) is 4.42 Å². The summed E-state index contributed by atoms with van der Waals surface area (Å²) in [4.78, 5) is 0. The van der Waals surface area contributed by atoms with E-state index in [-0.39, 0.29) is 0 Å². The van der Waals surface area contributed by atoms with E-state index >= 15 is 0 Å². The molecule has 0 saturated carbocycles. The van der Waals surface area contributed by atoms with Crippen LogP contribution in [0.3, 0.4) is 0 Å². The van der Waals surface area contributed by atoms with Crippen LogP contribution < -0.4 is 0 Å². The topological polar surface area (TPSA) is 43.3 Å². The highest BCUT2D eigenvalue weighted by molar-refractivity contribution is 9.10. The van der Waals surface area contributed by atoms with Crippen LogP contribution in [-0.4, -0.2) is 14.6 Å². The summed E-state index contributed by atoms with van der Waals surface area (Å²) in [7, 11) is 0. The third-order valence-electron chi connectivity index (χ3n) is 2.36. The zero-order valence-corrected chi connectivity index (χ0v) is 9.89. The lowest BCUT2D eigenvalue weighted by Gasteiger charge is -2.00. The molecule has 0 fully saturated rings. The van der Waals surface area contributed by atoms with Gasteiger partial charge in [-0.2, -0.15) is 0 Å². The highest BCUT2D eigenvalue weighted by Gasteiger charge is 2.09. The molecular formula is C11H8BrN3O. The van der Waals surface area contributed by atoms with Crippen molar-refractivity contribution in [2.24, 2.45) is 0 Å². The van der Waals surface area contributed by atoms with Crippen molar-refractivity contribution in [2.45, 2.75) is 6.42 Å². The Morgan fingerprint density at radius 1 is 1.19 bits per heavy atom. The molecule has 3 heterocycles. The Morgan fingerprint density at radius 2 is 2.12 bits per heavy atom. The van der Waals surface area contributed by atoms with Crippen molar-refractivity contribution in [2.75, 3.05) is 0 Å². The molecule has 0 aliphatic carbocycles. The van der Waals surface area contributed by atoms with Crippen LogP contribution in [0.4, 0.5) is 0 Å². The van der Waals surface area contributed by atoms with E-state index in [1.807, 2.05) is 34.7 Å². The number of furan rings is 1. The number of nitrogens with zero attached hydrogens (tertiary/aromatic N) is 3. The summed E-state index contributed by atoms with van der Waals surface area (Å²) in [6.07, 6.45) is 2.30. The predicted octanol–water partition coefficient (Wildman–Crippen LogP) is 2.68. The minimum Gasteiger partial charge on any atom is -0.469 e. The van der Waals surface area contributed by atoms with Gasteiger partial charge in [0.15, 0.2) is 5.65 Å². The van der Waals surface area contributed by atoms with Gasteiger partial charge < -0.3 is 4.42 Å². The second kappa shape index (κ2) is 3.75. The molecule has 3 rings (SSSR count). The van der Waals surface area contributed by atoms with Gasteiger partial charge in [-0.1, -0.05) is 6.07 Å². The number of halogens is 1. The fourth-order valence-corrected chi connectivity index (χ4v) is 2.18. The van der Waals surface area contributed by atoms with Crippen molar-refractivity contribution >= 4 is 21.6 Å². The molecule has 0 amide bonds. The van der Waals surface area contributed by atoms with Crippen LogP contribution in [0, 0.1) is 0 Å². The Labute approximate surface area is 100 Å². The van der Waals surface area contributed by atoms with Crippen LogP contribution >= 0.6 is 15.9 Å².